The van der Waals surface area contributed by atoms with Crippen LogP contribution in [0.5, 0.6) is 0 Å². The largest absolute Gasteiger partial charge is 0.342 e. The Hall–Kier alpha value is -1.62. The van der Waals surface area contributed by atoms with Gasteiger partial charge in [0.25, 0.3) is 5.56 Å². The number of thioether (sulfide) groups is 1. The monoisotopic (exact) mass is 404 g/mol. The van der Waals surface area contributed by atoms with Gasteiger partial charge in [-0.1, -0.05) is 11.8 Å². The minimum atomic E-state index is -0.678. The second kappa shape index (κ2) is 6.70. The molecular weight excluding hydrogens is 395 g/mol. The predicted octanol–water partition coefficient (Wildman–Crippen LogP) is 0.794. The number of nitrogens with zero attached hydrogens (tertiary/aromatic N) is 1. The molecule has 1 aromatic carbocycles. The molecule has 0 saturated heterocycles. The third-order valence-electron chi connectivity index (χ3n) is 2.15. The second-order valence-corrected chi connectivity index (χ2v) is 5.87. The third-order valence-corrected chi connectivity index (χ3v) is 3.82. The zero-order valence-electron chi connectivity index (χ0n) is 9.97. The van der Waals surface area contributed by atoms with Crippen LogP contribution < -0.4 is 16.6 Å². The molecule has 1 aromatic heterocycles. The number of hydrogen-bond acceptors (Lipinski definition) is 5. The molecule has 0 unspecified atom stereocenters. The van der Waals surface area contributed by atoms with Gasteiger partial charge in [-0.05, 0) is 46.9 Å². The highest BCUT2D eigenvalue weighted by molar-refractivity contribution is 14.1. The quantitative estimate of drug-likeness (QED) is 0.516. The Bertz CT molecular complexity index is 725. The fraction of sp³-hybridized carbons (Fsp3) is 0.0909. The highest BCUT2D eigenvalue weighted by atomic mass is 127. The summed E-state index contributed by atoms with van der Waals surface area (Å²) in [5.74, 6) is -0.239. The van der Waals surface area contributed by atoms with E-state index in [0.717, 1.165) is 15.3 Å². The van der Waals surface area contributed by atoms with Crippen molar-refractivity contribution in [2.75, 3.05) is 11.1 Å². The summed E-state index contributed by atoms with van der Waals surface area (Å²) < 4.78 is 1.07. The van der Waals surface area contributed by atoms with E-state index in [-0.39, 0.29) is 16.7 Å². The van der Waals surface area contributed by atoms with Crippen LogP contribution in [0.25, 0.3) is 0 Å². The van der Waals surface area contributed by atoms with Crippen LogP contribution in [0.2, 0.25) is 0 Å². The lowest BCUT2D eigenvalue weighted by Gasteiger charge is -2.04. The maximum atomic E-state index is 11.7. The van der Waals surface area contributed by atoms with Gasteiger partial charge < -0.3 is 5.32 Å². The minimum absolute atomic E-state index is 0.0219. The molecule has 0 aliphatic rings. The number of aromatic nitrogens is 3. The molecule has 2 rings (SSSR count). The summed E-state index contributed by atoms with van der Waals surface area (Å²) in [6, 6.07) is 7.32. The van der Waals surface area contributed by atoms with E-state index in [1.807, 2.05) is 17.1 Å². The first kappa shape index (κ1) is 14.8. The standard InChI is InChI=1S/C11H9IN4O3S/c12-6-1-3-7(4-2-6)13-8(17)5-20-10-9(18)14-11(19)16-15-10/h1-4H,5H2,(H,13,17)(H2,14,16,18,19). The van der Waals surface area contributed by atoms with Crippen molar-refractivity contribution in [2.45, 2.75) is 5.03 Å². The Kier molecular flexibility index (Phi) is 4.95. The van der Waals surface area contributed by atoms with E-state index in [1.54, 1.807) is 12.1 Å². The van der Waals surface area contributed by atoms with Crippen LogP contribution in [-0.2, 0) is 4.79 Å². The molecule has 0 saturated carbocycles. The van der Waals surface area contributed by atoms with E-state index >= 15 is 0 Å². The first-order valence-corrected chi connectivity index (χ1v) is 7.48. The molecule has 7 nitrogen and oxygen atoms in total. The van der Waals surface area contributed by atoms with Crippen molar-refractivity contribution >= 4 is 45.9 Å². The topological polar surface area (TPSA) is 108 Å². The first-order valence-electron chi connectivity index (χ1n) is 5.42. The summed E-state index contributed by atoms with van der Waals surface area (Å²) in [5, 5.41) is 8.41. The minimum Gasteiger partial charge on any atom is -0.325 e. The number of nitrogens with one attached hydrogen (secondary N) is 3. The van der Waals surface area contributed by atoms with E-state index in [1.165, 1.54) is 0 Å². The number of anilines is 1. The van der Waals surface area contributed by atoms with Crippen molar-refractivity contribution in [2.24, 2.45) is 0 Å². The average Bonchev–Trinajstić information content (AvgIpc) is 2.40. The van der Waals surface area contributed by atoms with E-state index in [0.29, 0.717) is 5.69 Å². The number of benzene rings is 1. The maximum Gasteiger partial charge on any atom is 0.342 e. The molecule has 0 radical (unpaired) electrons. The molecule has 104 valence electrons. The van der Waals surface area contributed by atoms with Crippen LogP contribution in [0.1, 0.15) is 0 Å². The molecule has 20 heavy (non-hydrogen) atoms. The molecule has 0 aliphatic carbocycles. The zero-order chi connectivity index (χ0) is 14.5. The van der Waals surface area contributed by atoms with E-state index in [4.69, 9.17) is 0 Å². The van der Waals surface area contributed by atoms with Gasteiger partial charge in [0.15, 0.2) is 5.03 Å². The van der Waals surface area contributed by atoms with Crippen LogP contribution in [0.3, 0.4) is 0 Å². The normalized spacial score (nSPS) is 10.2. The summed E-state index contributed by atoms with van der Waals surface area (Å²) in [4.78, 5) is 35.9. The van der Waals surface area contributed by atoms with Crippen molar-refractivity contribution in [3.63, 3.8) is 0 Å². The highest BCUT2D eigenvalue weighted by Crippen LogP contribution is 2.13. The molecule has 2 aromatic rings. The van der Waals surface area contributed by atoms with Crippen LogP contribution in [-0.4, -0.2) is 26.8 Å². The maximum absolute atomic E-state index is 11.7. The van der Waals surface area contributed by atoms with Crippen LogP contribution >= 0.6 is 34.4 Å². The van der Waals surface area contributed by atoms with Crippen LogP contribution in [0.4, 0.5) is 5.69 Å². The summed E-state index contributed by atoms with van der Waals surface area (Å²) in [6.45, 7) is 0. The lowest BCUT2D eigenvalue weighted by molar-refractivity contribution is -0.113. The lowest BCUT2D eigenvalue weighted by Crippen LogP contribution is -2.25. The van der Waals surface area contributed by atoms with Gasteiger partial charge in [-0.3, -0.25) is 14.6 Å². The van der Waals surface area contributed by atoms with Crippen molar-refractivity contribution in [3.8, 4) is 0 Å². The Morgan fingerprint density at radius 1 is 1.30 bits per heavy atom. The summed E-state index contributed by atoms with van der Waals surface area (Å²) in [7, 11) is 0. The van der Waals surface area contributed by atoms with Gasteiger partial charge in [0.2, 0.25) is 5.91 Å². The Labute approximate surface area is 130 Å². The van der Waals surface area contributed by atoms with Crippen LogP contribution in [0, 0.1) is 3.57 Å². The number of H-pyrrole nitrogens is 2. The van der Waals surface area contributed by atoms with Gasteiger partial charge in [0, 0.05) is 9.26 Å². The Morgan fingerprint density at radius 2 is 2.00 bits per heavy atom. The molecule has 0 atom stereocenters. The van der Waals surface area contributed by atoms with Gasteiger partial charge in [-0.2, -0.15) is 5.10 Å². The summed E-state index contributed by atoms with van der Waals surface area (Å²) in [5.41, 5.74) is -0.608. The van der Waals surface area contributed by atoms with Crippen molar-refractivity contribution in [1.29, 1.82) is 0 Å². The van der Waals surface area contributed by atoms with Crippen molar-refractivity contribution < 1.29 is 4.79 Å². The number of carbonyl (C=O) groups is 1. The van der Waals surface area contributed by atoms with Crippen molar-refractivity contribution in [1.82, 2.24) is 15.2 Å². The predicted molar refractivity (Wildman–Crippen MR) is 84.0 cm³/mol. The average molecular weight is 404 g/mol. The number of carbonyl (C=O) groups excluding carboxylic acids is 1. The highest BCUT2D eigenvalue weighted by Gasteiger charge is 2.08. The van der Waals surface area contributed by atoms with E-state index in [9.17, 15) is 14.4 Å². The zero-order valence-corrected chi connectivity index (χ0v) is 12.9. The molecule has 0 fully saturated rings. The number of halogens is 1. The Balaban J connectivity index is 1.93. The van der Waals surface area contributed by atoms with Gasteiger partial charge in [-0.25, -0.2) is 9.89 Å². The summed E-state index contributed by atoms with van der Waals surface area (Å²) in [6.07, 6.45) is 0. The lowest BCUT2D eigenvalue weighted by atomic mass is 10.3. The second-order valence-electron chi connectivity index (χ2n) is 3.66. The molecule has 1 amide bonds. The number of hydrogen-bond donors (Lipinski definition) is 3. The molecular formula is C11H9IN4O3S. The number of amides is 1. The molecule has 0 bridgehead atoms. The summed E-state index contributed by atoms with van der Waals surface area (Å²) >= 11 is 3.12. The molecule has 3 N–H and O–H groups in total. The van der Waals surface area contributed by atoms with Gasteiger partial charge in [0.05, 0.1) is 5.75 Å². The molecule has 1 heterocycles. The van der Waals surface area contributed by atoms with E-state index in [2.05, 4.69) is 38.1 Å². The SMILES string of the molecule is O=C(CSc1n[nH]c(=O)[nH]c1=O)Nc1ccc(I)cc1. The molecule has 0 spiro atoms. The number of rotatable bonds is 4. The number of aromatic amines is 2. The van der Waals surface area contributed by atoms with E-state index < -0.39 is 11.2 Å². The Morgan fingerprint density at radius 3 is 2.65 bits per heavy atom. The molecule has 0 aliphatic heterocycles. The fourth-order valence-electron chi connectivity index (χ4n) is 1.30. The van der Waals surface area contributed by atoms with Gasteiger partial charge >= 0.3 is 5.69 Å². The van der Waals surface area contributed by atoms with Crippen molar-refractivity contribution in [3.05, 3.63) is 48.7 Å². The van der Waals surface area contributed by atoms with Gasteiger partial charge in [0.1, 0.15) is 0 Å². The third kappa shape index (κ3) is 4.20. The van der Waals surface area contributed by atoms with Crippen LogP contribution in [0.15, 0.2) is 38.9 Å². The first-order chi connectivity index (χ1) is 9.54. The molecule has 9 heteroatoms. The fourth-order valence-corrected chi connectivity index (χ4v) is 2.29. The smallest absolute Gasteiger partial charge is 0.325 e. The van der Waals surface area contributed by atoms with Gasteiger partial charge in [-0.15, -0.1) is 0 Å².